The van der Waals surface area contributed by atoms with Crippen molar-refractivity contribution in [1.82, 2.24) is 5.32 Å². The van der Waals surface area contributed by atoms with Crippen LogP contribution in [-0.4, -0.2) is 12.0 Å². The number of fused-ring (bicyclic) bond motifs is 1. The minimum Gasteiger partial charge on any atom is -0.313 e. The van der Waals surface area contributed by atoms with Gasteiger partial charge in [0.15, 0.2) is 0 Å². The van der Waals surface area contributed by atoms with E-state index in [4.69, 9.17) is 0 Å². The molecular weight excluding hydrogens is 288 g/mol. The molecule has 0 aromatic heterocycles. The lowest BCUT2D eigenvalue weighted by atomic mass is 10.1. The Bertz CT molecular complexity index is 666. The van der Waals surface area contributed by atoms with Crippen molar-refractivity contribution in [2.75, 3.05) is 7.05 Å². The third kappa shape index (κ3) is 4.39. The van der Waals surface area contributed by atoms with Gasteiger partial charge in [-0.1, -0.05) is 42.8 Å². The summed E-state index contributed by atoms with van der Waals surface area (Å²) in [6, 6.07) is 14.1. The fourth-order valence-electron chi connectivity index (χ4n) is 2.83. The highest BCUT2D eigenvalue weighted by atomic mass is 16.6. The molecule has 0 spiro atoms. The zero-order valence-corrected chi connectivity index (χ0v) is 14.0. The highest BCUT2D eigenvalue weighted by Crippen LogP contribution is 2.33. The normalized spacial score (nSPS) is 15.5. The van der Waals surface area contributed by atoms with Crippen LogP contribution >= 0.6 is 0 Å². The van der Waals surface area contributed by atoms with Gasteiger partial charge in [0.2, 0.25) is 0 Å². The molecule has 0 aliphatic heterocycles. The molecule has 0 radical (unpaired) electrons. The van der Waals surface area contributed by atoms with Crippen molar-refractivity contribution in [1.29, 1.82) is 0 Å². The fourth-order valence-corrected chi connectivity index (χ4v) is 2.83. The molecule has 23 heavy (non-hydrogen) atoms. The first-order valence-electron chi connectivity index (χ1n) is 8.05. The Hall–Kier alpha value is -2.20. The van der Waals surface area contributed by atoms with E-state index in [2.05, 4.69) is 43.4 Å². The van der Waals surface area contributed by atoms with Crippen LogP contribution in [0.4, 0.5) is 5.69 Å². The Kier molecular flexibility index (Phi) is 5.88. The molecule has 2 aromatic rings. The minimum atomic E-state index is -0.342. The van der Waals surface area contributed by atoms with Crippen LogP contribution in [0.3, 0.4) is 0 Å². The number of non-ortho nitro benzene ring substituents is 1. The van der Waals surface area contributed by atoms with Gasteiger partial charge in [-0.05, 0) is 49.9 Å². The summed E-state index contributed by atoms with van der Waals surface area (Å²) in [5.41, 5.74) is 5.26. The average Bonchev–Trinajstić information content (AvgIpc) is 2.98. The van der Waals surface area contributed by atoms with Gasteiger partial charge in [-0.3, -0.25) is 10.1 Å². The Morgan fingerprint density at radius 2 is 1.91 bits per heavy atom. The summed E-state index contributed by atoms with van der Waals surface area (Å²) in [4.78, 5) is 10.2. The second kappa shape index (κ2) is 7.88. The van der Waals surface area contributed by atoms with Gasteiger partial charge in [-0.15, -0.1) is 0 Å². The number of benzene rings is 2. The first kappa shape index (κ1) is 17.2. The SMILES string of the molecule is CCc1ccc(C)cc1.CNC1CCc2ccc([N+](=O)[O-])cc21. The van der Waals surface area contributed by atoms with Crippen LogP contribution < -0.4 is 5.32 Å². The van der Waals surface area contributed by atoms with Gasteiger partial charge in [-0.25, -0.2) is 0 Å². The topological polar surface area (TPSA) is 55.2 Å². The zero-order chi connectivity index (χ0) is 16.8. The zero-order valence-electron chi connectivity index (χ0n) is 14.0. The number of nitro benzene ring substituents is 1. The van der Waals surface area contributed by atoms with Gasteiger partial charge in [0, 0.05) is 18.2 Å². The van der Waals surface area contributed by atoms with E-state index in [1.807, 2.05) is 13.1 Å². The summed E-state index contributed by atoms with van der Waals surface area (Å²) >= 11 is 0. The molecule has 0 saturated heterocycles. The maximum absolute atomic E-state index is 10.6. The fraction of sp³-hybridized carbons (Fsp3) is 0.368. The number of hydrogen-bond acceptors (Lipinski definition) is 3. The first-order chi connectivity index (χ1) is 11.0. The molecule has 0 heterocycles. The quantitative estimate of drug-likeness (QED) is 0.677. The van der Waals surface area contributed by atoms with Crippen LogP contribution in [-0.2, 0) is 12.8 Å². The number of rotatable bonds is 3. The summed E-state index contributed by atoms with van der Waals surface area (Å²) in [6.45, 7) is 4.28. The number of nitrogens with one attached hydrogen (secondary N) is 1. The lowest BCUT2D eigenvalue weighted by molar-refractivity contribution is -0.384. The van der Waals surface area contributed by atoms with Crippen molar-refractivity contribution in [3.63, 3.8) is 0 Å². The smallest absolute Gasteiger partial charge is 0.269 e. The summed E-state index contributed by atoms with van der Waals surface area (Å²) in [6.07, 6.45) is 3.19. The van der Waals surface area contributed by atoms with Crippen molar-refractivity contribution < 1.29 is 4.92 Å². The molecule has 0 bridgehead atoms. The number of nitrogens with zero attached hydrogens (tertiary/aromatic N) is 1. The lowest BCUT2D eigenvalue weighted by Crippen LogP contribution is -2.12. The molecule has 1 aliphatic rings. The summed E-state index contributed by atoms with van der Waals surface area (Å²) < 4.78 is 0. The first-order valence-corrected chi connectivity index (χ1v) is 8.05. The largest absolute Gasteiger partial charge is 0.313 e. The Labute approximate surface area is 137 Å². The van der Waals surface area contributed by atoms with Crippen molar-refractivity contribution >= 4 is 5.69 Å². The molecule has 3 rings (SSSR count). The maximum atomic E-state index is 10.6. The van der Waals surface area contributed by atoms with E-state index in [-0.39, 0.29) is 16.7 Å². The third-order valence-electron chi connectivity index (χ3n) is 4.30. The van der Waals surface area contributed by atoms with Crippen molar-refractivity contribution in [2.45, 2.75) is 39.2 Å². The van der Waals surface area contributed by atoms with Gasteiger partial charge in [0.25, 0.3) is 5.69 Å². The summed E-state index contributed by atoms with van der Waals surface area (Å²) in [5.74, 6) is 0. The highest BCUT2D eigenvalue weighted by molar-refractivity contribution is 5.44. The van der Waals surface area contributed by atoms with E-state index in [0.29, 0.717) is 0 Å². The predicted octanol–water partition coefficient (Wildman–Crippen LogP) is 4.36. The number of nitro groups is 1. The van der Waals surface area contributed by atoms with Crippen molar-refractivity contribution in [3.05, 3.63) is 74.8 Å². The van der Waals surface area contributed by atoms with Gasteiger partial charge in [-0.2, -0.15) is 0 Å². The van der Waals surface area contributed by atoms with Crippen LogP contribution in [0, 0.1) is 17.0 Å². The van der Waals surface area contributed by atoms with Gasteiger partial charge in [0.1, 0.15) is 0 Å². The third-order valence-corrected chi connectivity index (χ3v) is 4.30. The van der Waals surface area contributed by atoms with Crippen LogP contribution in [0.1, 0.15) is 41.6 Å². The van der Waals surface area contributed by atoms with E-state index in [1.54, 1.807) is 12.1 Å². The molecule has 1 atom stereocenters. The van der Waals surface area contributed by atoms with Gasteiger partial charge >= 0.3 is 0 Å². The Morgan fingerprint density at radius 1 is 1.22 bits per heavy atom. The molecule has 1 N–H and O–H groups in total. The molecule has 4 heteroatoms. The van der Waals surface area contributed by atoms with E-state index >= 15 is 0 Å². The second-order valence-electron chi connectivity index (χ2n) is 5.86. The molecule has 122 valence electrons. The van der Waals surface area contributed by atoms with E-state index in [0.717, 1.165) is 24.8 Å². The number of hydrogen-bond donors (Lipinski definition) is 1. The van der Waals surface area contributed by atoms with E-state index < -0.39 is 0 Å². The standard InChI is InChI=1S/C10H12N2O2.C9H12/c1-11-10-5-3-7-2-4-8(12(13)14)6-9(7)10;1-3-9-6-4-8(2)5-7-9/h2,4,6,10-11H,3,5H2,1H3;4-7H,3H2,1-2H3. The maximum Gasteiger partial charge on any atom is 0.269 e. The van der Waals surface area contributed by atoms with Crippen LogP contribution in [0.5, 0.6) is 0 Å². The molecule has 1 aliphatic carbocycles. The second-order valence-corrected chi connectivity index (χ2v) is 5.86. The predicted molar refractivity (Wildman–Crippen MR) is 93.8 cm³/mol. The molecule has 0 saturated carbocycles. The Morgan fingerprint density at radius 3 is 2.48 bits per heavy atom. The van der Waals surface area contributed by atoms with Crippen LogP contribution in [0.25, 0.3) is 0 Å². The van der Waals surface area contributed by atoms with Gasteiger partial charge < -0.3 is 5.32 Å². The molecule has 2 aromatic carbocycles. The summed E-state index contributed by atoms with van der Waals surface area (Å²) in [5, 5.41) is 13.7. The minimum absolute atomic E-state index is 0.186. The van der Waals surface area contributed by atoms with Crippen molar-refractivity contribution in [3.8, 4) is 0 Å². The van der Waals surface area contributed by atoms with Crippen LogP contribution in [0.2, 0.25) is 0 Å². The number of aryl methyl sites for hydroxylation is 3. The highest BCUT2D eigenvalue weighted by Gasteiger charge is 2.23. The Balaban J connectivity index is 0.000000185. The lowest BCUT2D eigenvalue weighted by Gasteiger charge is -2.08. The monoisotopic (exact) mass is 312 g/mol. The van der Waals surface area contributed by atoms with Crippen molar-refractivity contribution in [2.24, 2.45) is 0 Å². The molecular formula is C19H24N2O2. The molecule has 0 fully saturated rings. The average molecular weight is 312 g/mol. The van der Waals surface area contributed by atoms with E-state index in [9.17, 15) is 10.1 Å². The summed E-state index contributed by atoms with van der Waals surface area (Å²) in [7, 11) is 1.89. The van der Waals surface area contributed by atoms with Gasteiger partial charge in [0.05, 0.1) is 4.92 Å². The molecule has 1 unspecified atom stereocenters. The molecule has 0 amide bonds. The van der Waals surface area contributed by atoms with E-state index in [1.165, 1.54) is 16.7 Å². The molecule has 4 nitrogen and oxygen atoms in total. The van der Waals surface area contributed by atoms with Crippen LogP contribution in [0.15, 0.2) is 42.5 Å².